The van der Waals surface area contributed by atoms with E-state index in [4.69, 9.17) is 9.90 Å². The highest BCUT2D eigenvalue weighted by atomic mass is 32.2. The van der Waals surface area contributed by atoms with E-state index in [1.54, 1.807) is 4.90 Å². The van der Waals surface area contributed by atoms with Crippen molar-refractivity contribution in [3.05, 3.63) is 17.5 Å². The normalized spacial score (nSPS) is 18.3. The molecule has 25 heavy (non-hydrogen) atoms. The Labute approximate surface area is 137 Å². The molecular formula is C11H13F6N3O4S. The van der Waals surface area contributed by atoms with Crippen molar-refractivity contribution in [3.63, 3.8) is 0 Å². The number of carbonyl (C=O) groups is 1. The summed E-state index contributed by atoms with van der Waals surface area (Å²) in [5.41, 5.74) is -0.622. The van der Waals surface area contributed by atoms with Gasteiger partial charge in [0.1, 0.15) is 0 Å². The van der Waals surface area contributed by atoms with Crippen LogP contribution < -0.4 is 0 Å². The molecular weight excluding hydrogens is 384 g/mol. The summed E-state index contributed by atoms with van der Waals surface area (Å²) in [6, 6.07) is 0.948. The molecule has 0 atom stereocenters. The fourth-order valence-electron chi connectivity index (χ4n) is 1.74. The molecule has 2 heterocycles. The van der Waals surface area contributed by atoms with Crippen LogP contribution in [0, 0.1) is 0 Å². The summed E-state index contributed by atoms with van der Waals surface area (Å²) in [6.45, 7) is 0.921. The number of carboxylic acid groups (broad SMARTS) is 1. The molecule has 0 amide bonds. The molecule has 1 saturated heterocycles. The van der Waals surface area contributed by atoms with Crippen LogP contribution in [0.1, 0.15) is 11.4 Å². The molecule has 0 bridgehead atoms. The monoisotopic (exact) mass is 397 g/mol. The molecule has 144 valence electrons. The number of aliphatic carboxylic acids is 1. The minimum Gasteiger partial charge on any atom is -0.475 e. The fourth-order valence-corrected chi connectivity index (χ4v) is 3.01. The molecule has 14 heteroatoms. The number of aromatic amines is 1. The standard InChI is InChI=1S/C9H12F3N3O2S.C2HF3O2/c10-9(11,12)8-5-7(13-14-8)6-15-1-3-18(16,17)4-2-15;3-2(4,5)1(6)7/h5H,1-4,6H2,(H,13,14);(H,6,7). The van der Waals surface area contributed by atoms with E-state index in [1.807, 2.05) is 0 Å². The zero-order valence-corrected chi connectivity index (χ0v) is 13.2. The topological polar surface area (TPSA) is 103 Å². The van der Waals surface area contributed by atoms with Gasteiger partial charge in [0.05, 0.1) is 11.5 Å². The molecule has 0 unspecified atom stereocenters. The largest absolute Gasteiger partial charge is 0.490 e. The van der Waals surface area contributed by atoms with Gasteiger partial charge in [-0.1, -0.05) is 0 Å². The first-order chi connectivity index (χ1) is 11.2. The summed E-state index contributed by atoms with van der Waals surface area (Å²) < 4.78 is 91.0. The summed E-state index contributed by atoms with van der Waals surface area (Å²) in [6.07, 6.45) is -9.54. The molecule has 0 aliphatic carbocycles. The lowest BCUT2D eigenvalue weighted by molar-refractivity contribution is -0.192. The van der Waals surface area contributed by atoms with Gasteiger partial charge in [0.2, 0.25) is 0 Å². The number of hydrogen-bond acceptors (Lipinski definition) is 5. The molecule has 2 N–H and O–H groups in total. The predicted molar refractivity (Wildman–Crippen MR) is 71.2 cm³/mol. The average Bonchev–Trinajstić information content (AvgIpc) is 2.89. The summed E-state index contributed by atoms with van der Waals surface area (Å²) in [4.78, 5) is 10.7. The van der Waals surface area contributed by atoms with Crippen molar-refractivity contribution in [2.24, 2.45) is 0 Å². The third-order valence-corrected chi connectivity index (χ3v) is 4.60. The van der Waals surface area contributed by atoms with Crippen molar-refractivity contribution in [2.75, 3.05) is 24.6 Å². The number of halogens is 6. The van der Waals surface area contributed by atoms with Gasteiger partial charge in [-0.3, -0.25) is 10.00 Å². The van der Waals surface area contributed by atoms with Crippen molar-refractivity contribution < 1.29 is 44.7 Å². The Morgan fingerprint density at radius 2 is 1.68 bits per heavy atom. The Hall–Kier alpha value is -1.83. The van der Waals surface area contributed by atoms with Crippen LogP contribution in [-0.2, 0) is 27.4 Å². The van der Waals surface area contributed by atoms with Crippen molar-refractivity contribution in [1.82, 2.24) is 15.1 Å². The zero-order chi connectivity index (χ0) is 19.5. The number of sulfone groups is 1. The Morgan fingerprint density at radius 1 is 1.20 bits per heavy atom. The number of nitrogens with one attached hydrogen (secondary N) is 1. The fraction of sp³-hybridized carbons (Fsp3) is 0.636. The lowest BCUT2D eigenvalue weighted by Gasteiger charge is -2.25. The van der Waals surface area contributed by atoms with E-state index in [0.717, 1.165) is 6.07 Å². The van der Waals surface area contributed by atoms with Gasteiger partial charge in [0, 0.05) is 25.3 Å². The van der Waals surface area contributed by atoms with Gasteiger partial charge >= 0.3 is 18.3 Å². The second-order valence-electron chi connectivity index (χ2n) is 5.01. The van der Waals surface area contributed by atoms with Gasteiger partial charge in [0.15, 0.2) is 15.5 Å². The Morgan fingerprint density at radius 3 is 2.04 bits per heavy atom. The third-order valence-electron chi connectivity index (χ3n) is 2.99. The smallest absolute Gasteiger partial charge is 0.475 e. The first-order valence-electron chi connectivity index (χ1n) is 6.55. The number of hydrogen-bond donors (Lipinski definition) is 2. The first kappa shape index (κ1) is 21.2. The van der Waals surface area contributed by atoms with Gasteiger partial charge in [-0.05, 0) is 6.07 Å². The maximum atomic E-state index is 12.3. The predicted octanol–water partition coefficient (Wildman–Crippen LogP) is 1.29. The van der Waals surface area contributed by atoms with E-state index in [1.165, 1.54) is 0 Å². The minimum absolute atomic E-state index is 0.0489. The molecule has 1 aliphatic rings. The van der Waals surface area contributed by atoms with E-state index in [-0.39, 0.29) is 18.1 Å². The van der Waals surface area contributed by atoms with Gasteiger partial charge in [0.25, 0.3) is 0 Å². The average molecular weight is 397 g/mol. The number of carboxylic acids is 1. The highest BCUT2D eigenvalue weighted by molar-refractivity contribution is 7.91. The molecule has 7 nitrogen and oxygen atoms in total. The van der Waals surface area contributed by atoms with Crippen LogP contribution in [0.5, 0.6) is 0 Å². The SMILES string of the molecule is O=C(O)C(F)(F)F.O=S1(=O)CCN(Cc2cc(C(F)(F)F)n[nH]2)CC1. The molecule has 0 spiro atoms. The molecule has 1 aromatic heterocycles. The number of H-pyrrole nitrogens is 1. The van der Waals surface area contributed by atoms with E-state index in [9.17, 15) is 34.8 Å². The maximum Gasteiger partial charge on any atom is 0.490 e. The van der Waals surface area contributed by atoms with E-state index in [0.29, 0.717) is 18.8 Å². The third kappa shape index (κ3) is 7.29. The molecule has 1 aromatic rings. The van der Waals surface area contributed by atoms with Crippen LogP contribution in [0.2, 0.25) is 0 Å². The first-order valence-corrected chi connectivity index (χ1v) is 8.37. The number of alkyl halides is 6. The van der Waals surface area contributed by atoms with Crippen molar-refractivity contribution in [3.8, 4) is 0 Å². The van der Waals surface area contributed by atoms with E-state index in [2.05, 4.69) is 10.2 Å². The molecule has 0 saturated carbocycles. The minimum atomic E-state index is -5.08. The Balaban J connectivity index is 0.000000381. The molecule has 2 rings (SSSR count). The quantitative estimate of drug-likeness (QED) is 0.729. The van der Waals surface area contributed by atoms with Crippen molar-refractivity contribution in [2.45, 2.75) is 18.9 Å². The van der Waals surface area contributed by atoms with Crippen LogP contribution in [0.3, 0.4) is 0 Å². The summed E-state index contributed by atoms with van der Waals surface area (Å²) >= 11 is 0. The second kappa shape index (κ2) is 7.59. The summed E-state index contributed by atoms with van der Waals surface area (Å²) in [5, 5.41) is 12.6. The van der Waals surface area contributed by atoms with Gasteiger partial charge < -0.3 is 5.11 Å². The molecule has 1 aliphatic heterocycles. The summed E-state index contributed by atoms with van der Waals surface area (Å²) in [5.74, 6) is -2.66. The van der Waals surface area contributed by atoms with Crippen LogP contribution in [0.15, 0.2) is 6.07 Å². The summed E-state index contributed by atoms with van der Waals surface area (Å²) in [7, 11) is -2.97. The molecule has 1 fully saturated rings. The van der Waals surface area contributed by atoms with Gasteiger partial charge in [-0.15, -0.1) is 0 Å². The molecule has 0 radical (unpaired) electrons. The highest BCUT2D eigenvalue weighted by Crippen LogP contribution is 2.27. The second-order valence-corrected chi connectivity index (χ2v) is 7.31. The van der Waals surface area contributed by atoms with Crippen LogP contribution in [0.25, 0.3) is 0 Å². The Bertz CT molecular complexity index is 683. The number of aromatic nitrogens is 2. The van der Waals surface area contributed by atoms with Gasteiger partial charge in [-0.2, -0.15) is 31.4 Å². The van der Waals surface area contributed by atoms with E-state index < -0.39 is 33.9 Å². The molecule has 0 aromatic carbocycles. The Kier molecular flexibility index (Phi) is 6.44. The maximum absolute atomic E-state index is 12.3. The lowest BCUT2D eigenvalue weighted by atomic mass is 10.3. The van der Waals surface area contributed by atoms with Crippen LogP contribution >= 0.6 is 0 Å². The zero-order valence-electron chi connectivity index (χ0n) is 12.4. The van der Waals surface area contributed by atoms with Crippen LogP contribution in [-0.4, -0.2) is 65.4 Å². The van der Waals surface area contributed by atoms with Crippen LogP contribution in [0.4, 0.5) is 26.3 Å². The van der Waals surface area contributed by atoms with Crippen molar-refractivity contribution in [1.29, 1.82) is 0 Å². The van der Waals surface area contributed by atoms with E-state index >= 15 is 0 Å². The van der Waals surface area contributed by atoms with Gasteiger partial charge in [-0.25, -0.2) is 13.2 Å². The van der Waals surface area contributed by atoms with Crippen molar-refractivity contribution >= 4 is 15.8 Å². The number of nitrogens with zero attached hydrogens (tertiary/aromatic N) is 2. The lowest BCUT2D eigenvalue weighted by Crippen LogP contribution is -2.39. The number of rotatable bonds is 2. The highest BCUT2D eigenvalue weighted by Gasteiger charge is 2.38.